The van der Waals surface area contributed by atoms with Crippen molar-refractivity contribution >= 4 is 5.97 Å². The predicted octanol–water partition coefficient (Wildman–Crippen LogP) is 0.663. The molecule has 1 aliphatic rings. The maximum Gasteiger partial charge on any atom is 0.320 e. The standard InChI is InChI=1S/C10H20N2O2/c1-2-3-9(10(13)14)12-6-4-8(11)5-7-12/h8-9H,2-7,11H2,1H3,(H,13,14). The monoisotopic (exact) mass is 200 g/mol. The fraction of sp³-hybridized carbons (Fsp3) is 0.900. The molecule has 0 saturated carbocycles. The number of nitrogens with zero attached hydrogens (tertiary/aromatic N) is 1. The molecule has 0 aromatic carbocycles. The average molecular weight is 200 g/mol. The van der Waals surface area contributed by atoms with Gasteiger partial charge in [-0.05, 0) is 19.3 Å². The normalized spacial score (nSPS) is 22.1. The van der Waals surface area contributed by atoms with Crippen LogP contribution >= 0.6 is 0 Å². The molecule has 4 nitrogen and oxygen atoms in total. The summed E-state index contributed by atoms with van der Waals surface area (Å²) in [6, 6.07) is -0.0326. The fourth-order valence-corrected chi connectivity index (χ4v) is 1.97. The van der Waals surface area contributed by atoms with E-state index in [1.165, 1.54) is 0 Å². The smallest absolute Gasteiger partial charge is 0.320 e. The van der Waals surface area contributed by atoms with Gasteiger partial charge in [-0.3, -0.25) is 9.69 Å². The molecule has 1 fully saturated rings. The van der Waals surface area contributed by atoms with Crippen molar-refractivity contribution in [2.45, 2.75) is 44.7 Å². The summed E-state index contributed by atoms with van der Waals surface area (Å²) in [5.41, 5.74) is 5.77. The van der Waals surface area contributed by atoms with E-state index in [0.717, 1.165) is 38.8 Å². The quantitative estimate of drug-likeness (QED) is 0.699. The molecule has 82 valence electrons. The molecule has 4 heteroatoms. The van der Waals surface area contributed by atoms with E-state index in [0.29, 0.717) is 0 Å². The largest absolute Gasteiger partial charge is 0.480 e. The molecule has 0 bridgehead atoms. The average Bonchev–Trinajstić information content (AvgIpc) is 2.15. The van der Waals surface area contributed by atoms with Crippen LogP contribution in [-0.4, -0.2) is 41.1 Å². The molecule has 0 spiro atoms. The van der Waals surface area contributed by atoms with Crippen molar-refractivity contribution in [3.05, 3.63) is 0 Å². The van der Waals surface area contributed by atoms with E-state index in [2.05, 4.69) is 4.90 Å². The topological polar surface area (TPSA) is 66.6 Å². The van der Waals surface area contributed by atoms with Gasteiger partial charge in [-0.15, -0.1) is 0 Å². The maximum absolute atomic E-state index is 11.0. The van der Waals surface area contributed by atoms with Crippen LogP contribution < -0.4 is 5.73 Å². The highest BCUT2D eigenvalue weighted by molar-refractivity contribution is 5.73. The van der Waals surface area contributed by atoms with Crippen LogP contribution in [0.15, 0.2) is 0 Å². The first-order chi connectivity index (χ1) is 6.65. The third-order valence-electron chi connectivity index (χ3n) is 2.86. The zero-order valence-electron chi connectivity index (χ0n) is 8.78. The molecule has 0 radical (unpaired) electrons. The van der Waals surface area contributed by atoms with E-state index in [4.69, 9.17) is 10.8 Å². The highest BCUT2D eigenvalue weighted by Crippen LogP contribution is 2.15. The van der Waals surface area contributed by atoms with Gasteiger partial charge in [0.05, 0.1) is 0 Å². The molecule has 1 unspecified atom stereocenters. The molecule has 1 rings (SSSR count). The minimum atomic E-state index is -0.692. The number of hydrogen-bond donors (Lipinski definition) is 2. The van der Waals surface area contributed by atoms with E-state index in [9.17, 15) is 4.79 Å². The number of carboxylic acids is 1. The summed E-state index contributed by atoms with van der Waals surface area (Å²) >= 11 is 0. The van der Waals surface area contributed by atoms with Crippen LogP contribution in [0.4, 0.5) is 0 Å². The number of likely N-dealkylation sites (tertiary alicyclic amines) is 1. The summed E-state index contributed by atoms with van der Waals surface area (Å²) in [6.07, 6.45) is 3.51. The molecule has 0 amide bonds. The highest BCUT2D eigenvalue weighted by atomic mass is 16.4. The Morgan fingerprint density at radius 1 is 1.57 bits per heavy atom. The number of nitrogens with two attached hydrogens (primary N) is 1. The van der Waals surface area contributed by atoms with Crippen LogP contribution in [-0.2, 0) is 4.79 Å². The van der Waals surface area contributed by atoms with E-state index in [1.54, 1.807) is 0 Å². The molecule has 0 aromatic heterocycles. The molecule has 14 heavy (non-hydrogen) atoms. The van der Waals surface area contributed by atoms with E-state index >= 15 is 0 Å². The van der Waals surface area contributed by atoms with Crippen molar-refractivity contribution < 1.29 is 9.90 Å². The zero-order chi connectivity index (χ0) is 10.6. The van der Waals surface area contributed by atoms with E-state index in [1.807, 2.05) is 6.92 Å². The van der Waals surface area contributed by atoms with E-state index < -0.39 is 5.97 Å². The number of piperidine rings is 1. The van der Waals surface area contributed by atoms with Crippen molar-refractivity contribution in [2.24, 2.45) is 5.73 Å². The second-order valence-corrected chi connectivity index (χ2v) is 4.02. The second-order valence-electron chi connectivity index (χ2n) is 4.02. The lowest BCUT2D eigenvalue weighted by molar-refractivity contribution is -0.144. The Bertz CT molecular complexity index is 189. The van der Waals surface area contributed by atoms with E-state index in [-0.39, 0.29) is 12.1 Å². The highest BCUT2D eigenvalue weighted by Gasteiger charge is 2.27. The zero-order valence-corrected chi connectivity index (χ0v) is 8.78. The molecule has 1 atom stereocenters. The number of hydrogen-bond acceptors (Lipinski definition) is 3. The van der Waals surface area contributed by atoms with Crippen LogP contribution in [0.5, 0.6) is 0 Å². The van der Waals surface area contributed by atoms with Gasteiger partial charge in [0.2, 0.25) is 0 Å². The fourth-order valence-electron chi connectivity index (χ4n) is 1.97. The van der Waals surface area contributed by atoms with Crippen molar-refractivity contribution in [3.63, 3.8) is 0 Å². The molecule has 1 aliphatic heterocycles. The van der Waals surface area contributed by atoms with Crippen molar-refractivity contribution in [1.82, 2.24) is 4.90 Å². The third kappa shape index (κ3) is 2.96. The van der Waals surface area contributed by atoms with Gasteiger partial charge in [0.15, 0.2) is 0 Å². The summed E-state index contributed by atoms with van der Waals surface area (Å²) in [5, 5.41) is 9.05. The van der Waals surface area contributed by atoms with Crippen LogP contribution in [0.3, 0.4) is 0 Å². The molecule has 0 aromatic rings. The predicted molar refractivity (Wildman–Crippen MR) is 55.1 cm³/mol. The Labute approximate surface area is 85.1 Å². The molecular formula is C10H20N2O2. The number of rotatable bonds is 4. The Balaban J connectivity index is 2.47. The van der Waals surface area contributed by atoms with Gasteiger partial charge < -0.3 is 10.8 Å². The SMILES string of the molecule is CCCC(C(=O)O)N1CCC(N)CC1. The summed E-state index contributed by atoms with van der Waals surface area (Å²) in [4.78, 5) is 13.0. The second kappa shape index (κ2) is 5.32. The van der Waals surface area contributed by atoms with Gasteiger partial charge in [-0.25, -0.2) is 0 Å². The van der Waals surface area contributed by atoms with Gasteiger partial charge in [-0.2, -0.15) is 0 Å². The minimum Gasteiger partial charge on any atom is -0.480 e. The van der Waals surface area contributed by atoms with Crippen molar-refractivity contribution in [2.75, 3.05) is 13.1 Å². The van der Waals surface area contributed by atoms with Crippen LogP contribution in [0.25, 0.3) is 0 Å². The lowest BCUT2D eigenvalue weighted by atomic mass is 10.0. The van der Waals surface area contributed by atoms with Gasteiger partial charge in [0, 0.05) is 19.1 Å². The summed E-state index contributed by atoms with van der Waals surface area (Å²) in [6.45, 7) is 3.68. The van der Waals surface area contributed by atoms with Gasteiger partial charge in [0.1, 0.15) is 6.04 Å². The Morgan fingerprint density at radius 3 is 2.57 bits per heavy atom. The summed E-state index contributed by atoms with van der Waals surface area (Å²) in [7, 11) is 0. The molecule has 3 N–H and O–H groups in total. The summed E-state index contributed by atoms with van der Waals surface area (Å²) < 4.78 is 0. The Hall–Kier alpha value is -0.610. The van der Waals surface area contributed by atoms with Gasteiger partial charge in [0.25, 0.3) is 0 Å². The van der Waals surface area contributed by atoms with Crippen LogP contribution in [0.2, 0.25) is 0 Å². The molecule has 0 aliphatic carbocycles. The Morgan fingerprint density at radius 2 is 2.14 bits per heavy atom. The van der Waals surface area contributed by atoms with Crippen molar-refractivity contribution in [1.29, 1.82) is 0 Å². The molecule has 1 saturated heterocycles. The van der Waals surface area contributed by atoms with Gasteiger partial charge in [-0.1, -0.05) is 13.3 Å². The number of aliphatic carboxylic acids is 1. The minimum absolute atomic E-state index is 0.266. The molecular weight excluding hydrogens is 180 g/mol. The first kappa shape index (κ1) is 11.5. The van der Waals surface area contributed by atoms with Crippen molar-refractivity contribution in [3.8, 4) is 0 Å². The maximum atomic E-state index is 11.0. The van der Waals surface area contributed by atoms with Crippen LogP contribution in [0, 0.1) is 0 Å². The summed E-state index contributed by atoms with van der Waals surface area (Å²) in [5.74, 6) is -0.692. The first-order valence-corrected chi connectivity index (χ1v) is 5.37. The lowest BCUT2D eigenvalue weighted by Crippen LogP contribution is -2.48. The third-order valence-corrected chi connectivity index (χ3v) is 2.86. The Kier molecular flexibility index (Phi) is 4.35. The number of carboxylic acid groups (broad SMARTS) is 1. The van der Waals surface area contributed by atoms with Crippen LogP contribution in [0.1, 0.15) is 32.6 Å². The van der Waals surface area contributed by atoms with Gasteiger partial charge >= 0.3 is 5.97 Å². The number of carbonyl (C=O) groups is 1. The lowest BCUT2D eigenvalue weighted by Gasteiger charge is -2.34. The first-order valence-electron chi connectivity index (χ1n) is 5.37. The molecule has 1 heterocycles.